The average Bonchev–Trinajstić information content (AvgIpc) is 2.61. The largest absolute Gasteiger partial charge is 0.330 e. The molecule has 2 aliphatic rings. The molecular weight excluding hydrogens is 294 g/mol. The van der Waals surface area contributed by atoms with Gasteiger partial charge in [0.15, 0.2) is 0 Å². The number of unbranched alkanes of at least 4 members (excludes halogenated alkanes) is 1. The van der Waals surface area contributed by atoms with Gasteiger partial charge in [-0.1, -0.05) is 30.4 Å². The van der Waals surface area contributed by atoms with Crippen molar-refractivity contribution < 1.29 is 0 Å². The number of hydrogen-bond donors (Lipinski definition) is 1. The highest BCUT2D eigenvalue weighted by molar-refractivity contribution is 5.28. The van der Waals surface area contributed by atoms with Crippen LogP contribution in [0.5, 0.6) is 0 Å². The molecule has 1 heterocycles. The van der Waals surface area contributed by atoms with E-state index in [0.717, 1.165) is 38.2 Å². The zero-order valence-corrected chi connectivity index (χ0v) is 15.0. The van der Waals surface area contributed by atoms with Gasteiger partial charge in [0.1, 0.15) is 0 Å². The monoisotopic (exact) mass is 325 g/mol. The fourth-order valence-corrected chi connectivity index (χ4v) is 3.99. The van der Waals surface area contributed by atoms with Gasteiger partial charge in [-0.15, -0.1) is 0 Å². The number of pyridine rings is 1. The summed E-state index contributed by atoms with van der Waals surface area (Å²) in [6, 6.07) is 4.94. The number of aromatic nitrogens is 1. The van der Waals surface area contributed by atoms with Crippen LogP contribution < -0.4 is 5.73 Å². The first-order chi connectivity index (χ1) is 11.8. The quantitative estimate of drug-likeness (QED) is 0.772. The van der Waals surface area contributed by atoms with Crippen molar-refractivity contribution in [3.05, 3.63) is 53.4 Å². The summed E-state index contributed by atoms with van der Waals surface area (Å²) in [5.74, 6) is 0.628. The zero-order valence-electron chi connectivity index (χ0n) is 15.0. The molecule has 0 bridgehead atoms. The van der Waals surface area contributed by atoms with Crippen LogP contribution >= 0.6 is 0 Å². The molecule has 1 aromatic rings. The van der Waals surface area contributed by atoms with Gasteiger partial charge in [-0.2, -0.15) is 0 Å². The van der Waals surface area contributed by atoms with Gasteiger partial charge in [-0.05, 0) is 76.1 Å². The smallest absolute Gasteiger partial charge is 0.0610 e. The summed E-state index contributed by atoms with van der Waals surface area (Å²) in [6.07, 6.45) is 16.2. The summed E-state index contributed by atoms with van der Waals surface area (Å²) in [5, 5.41) is 0. The second-order valence-corrected chi connectivity index (χ2v) is 7.20. The van der Waals surface area contributed by atoms with Crippen LogP contribution in [0, 0.1) is 12.8 Å². The number of aryl methyl sites for hydroxylation is 2. The molecule has 0 radical (unpaired) electrons. The van der Waals surface area contributed by atoms with Crippen molar-refractivity contribution in [2.75, 3.05) is 19.6 Å². The summed E-state index contributed by atoms with van der Waals surface area (Å²) in [5.41, 5.74) is 9.66. The first-order valence-corrected chi connectivity index (χ1v) is 9.52. The Morgan fingerprint density at radius 1 is 1.25 bits per heavy atom. The molecule has 2 unspecified atom stereocenters. The molecule has 0 aliphatic heterocycles. The first-order valence-electron chi connectivity index (χ1n) is 9.52. The van der Waals surface area contributed by atoms with E-state index in [1.54, 1.807) is 0 Å². The number of allylic oxidation sites excluding steroid dienone is 3. The van der Waals surface area contributed by atoms with Crippen molar-refractivity contribution in [1.82, 2.24) is 9.88 Å². The normalized spacial score (nSPS) is 22.8. The minimum atomic E-state index is 0.478. The molecule has 130 valence electrons. The molecule has 1 aromatic heterocycles. The van der Waals surface area contributed by atoms with Gasteiger partial charge < -0.3 is 5.73 Å². The van der Waals surface area contributed by atoms with Crippen molar-refractivity contribution in [3.63, 3.8) is 0 Å². The third kappa shape index (κ3) is 4.34. The van der Waals surface area contributed by atoms with E-state index in [9.17, 15) is 0 Å². The van der Waals surface area contributed by atoms with E-state index >= 15 is 0 Å². The molecule has 2 aliphatic carbocycles. The third-order valence-corrected chi connectivity index (χ3v) is 5.27. The second-order valence-electron chi connectivity index (χ2n) is 7.20. The molecule has 3 heteroatoms. The fourth-order valence-electron chi connectivity index (χ4n) is 3.99. The van der Waals surface area contributed by atoms with E-state index in [1.807, 2.05) is 0 Å². The van der Waals surface area contributed by atoms with Crippen LogP contribution in [0.25, 0.3) is 0 Å². The Kier molecular flexibility index (Phi) is 6.22. The van der Waals surface area contributed by atoms with Gasteiger partial charge in [0, 0.05) is 12.2 Å². The molecule has 2 atom stereocenters. The predicted molar refractivity (Wildman–Crippen MR) is 101 cm³/mol. The first kappa shape index (κ1) is 17.4. The topological polar surface area (TPSA) is 42.2 Å². The van der Waals surface area contributed by atoms with Crippen LogP contribution in [0.1, 0.15) is 55.1 Å². The molecule has 0 saturated heterocycles. The molecule has 0 saturated carbocycles. The van der Waals surface area contributed by atoms with E-state index < -0.39 is 0 Å². The van der Waals surface area contributed by atoms with E-state index in [-0.39, 0.29) is 0 Å². The zero-order chi connectivity index (χ0) is 16.8. The highest BCUT2D eigenvalue weighted by Crippen LogP contribution is 2.34. The summed E-state index contributed by atoms with van der Waals surface area (Å²) in [4.78, 5) is 7.63. The van der Waals surface area contributed by atoms with E-state index in [2.05, 4.69) is 48.3 Å². The Bertz CT molecular complexity index is 591. The van der Waals surface area contributed by atoms with Crippen LogP contribution in [0.15, 0.2) is 36.4 Å². The molecule has 24 heavy (non-hydrogen) atoms. The van der Waals surface area contributed by atoms with E-state index in [1.165, 1.54) is 36.9 Å². The Morgan fingerprint density at radius 3 is 2.96 bits per heavy atom. The molecule has 0 spiro atoms. The second kappa shape index (κ2) is 8.59. The van der Waals surface area contributed by atoms with Gasteiger partial charge in [0.2, 0.25) is 0 Å². The lowest BCUT2D eigenvalue weighted by Gasteiger charge is -2.37. The molecule has 3 rings (SSSR count). The van der Waals surface area contributed by atoms with Gasteiger partial charge in [-0.3, -0.25) is 9.88 Å². The summed E-state index contributed by atoms with van der Waals surface area (Å²) < 4.78 is 0. The molecular formula is C21H31N3. The number of rotatable bonds is 7. The van der Waals surface area contributed by atoms with Gasteiger partial charge >= 0.3 is 0 Å². The predicted octanol–water partition coefficient (Wildman–Crippen LogP) is 3.94. The fraction of sp³-hybridized carbons (Fsp3) is 0.571. The maximum Gasteiger partial charge on any atom is 0.0610 e. The lowest BCUT2D eigenvalue weighted by atomic mass is 9.89. The molecule has 0 fully saturated rings. The highest BCUT2D eigenvalue weighted by atomic mass is 15.2. The van der Waals surface area contributed by atoms with Crippen molar-refractivity contribution in [1.29, 1.82) is 0 Å². The Balaban J connectivity index is 1.78. The lowest BCUT2D eigenvalue weighted by Crippen LogP contribution is -2.36. The van der Waals surface area contributed by atoms with Crippen molar-refractivity contribution in [3.8, 4) is 0 Å². The van der Waals surface area contributed by atoms with E-state index in [0.29, 0.717) is 12.0 Å². The summed E-state index contributed by atoms with van der Waals surface area (Å²) >= 11 is 0. The van der Waals surface area contributed by atoms with Crippen LogP contribution in [-0.2, 0) is 6.42 Å². The lowest BCUT2D eigenvalue weighted by molar-refractivity contribution is 0.155. The van der Waals surface area contributed by atoms with Crippen molar-refractivity contribution in [2.45, 2.75) is 51.5 Å². The molecule has 0 amide bonds. The van der Waals surface area contributed by atoms with Crippen LogP contribution in [0.3, 0.4) is 0 Å². The van der Waals surface area contributed by atoms with E-state index in [4.69, 9.17) is 10.7 Å². The Labute approximate surface area is 146 Å². The Morgan fingerprint density at radius 2 is 2.17 bits per heavy atom. The summed E-state index contributed by atoms with van der Waals surface area (Å²) in [7, 11) is 0. The average molecular weight is 326 g/mol. The maximum atomic E-state index is 5.72. The van der Waals surface area contributed by atoms with Crippen LogP contribution in [0.4, 0.5) is 0 Å². The highest BCUT2D eigenvalue weighted by Gasteiger charge is 2.28. The third-order valence-electron chi connectivity index (χ3n) is 5.27. The molecule has 2 N–H and O–H groups in total. The van der Waals surface area contributed by atoms with Gasteiger partial charge in [0.25, 0.3) is 0 Å². The van der Waals surface area contributed by atoms with Gasteiger partial charge in [-0.25, -0.2) is 0 Å². The van der Waals surface area contributed by atoms with Crippen molar-refractivity contribution >= 4 is 0 Å². The maximum absolute atomic E-state index is 5.72. The molecule has 0 aromatic carbocycles. The van der Waals surface area contributed by atoms with Crippen molar-refractivity contribution in [2.24, 2.45) is 11.7 Å². The summed E-state index contributed by atoms with van der Waals surface area (Å²) in [6.45, 7) is 5.16. The number of nitrogens with two attached hydrogens (primary N) is 1. The number of nitrogens with zero attached hydrogens (tertiary/aromatic N) is 2. The Hall–Kier alpha value is -1.45. The minimum Gasteiger partial charge on any atom is -0.330 e. The van der Waals surface area contributed by atoms with Crippen LogP contribution in [-0.4, -0.2) is 29.5 Å². The van der Waals surface area contributed by atoms with Gasteiger partial charge in [0.05, 0.1) is 11.7 Å². The minimum absolute atomic E-state index is 0.478. The molecule has 3 nitrogen and oxygen atoms in total. The SMILES string of the molecule is Cc1ccc2c(n1)C(N(CCCCN)CC1C=CC=CC1)CCC2. The number of fused-ring (bicyclic) bond motifs is 1. The van der Waals surface area contributed by atoms with Crippen LogP contribution in [0.2, 0.25) is 0 Å². The number of hydrogen-bond acceptors (Lipinski definition) is 3. The standard InChI is InChI=1S/C21H31N3/c1-17-12-13-19-10-7-11-20(21(19)23-17)24(15-6-5-14-22)16-18-8-3-2-4-9-18/h2-4,8,12-13,18,20H,5-7,9-11,14-16,22H2,1H3.